The third-order valence-electron chi connectivity index (χ3n) is 8.91. The van der Waals surface area contributed by atoms with Gasteiger partial charge in [-0.05, 0) is 73.0 Å². The highest BCUT2D eigenvalue weighted by Crippen LogP contribution is 2.50. The molecule has 3 aliphatic rings. The Labute approximate surface area is 297 Å². The Balaban J connectivity index is 1.31. The number of hydrogen-bond donors (Lipinski definition) is 2. The molecule has 8 nitrogen and oxygen atoms in total. The topological polar surface area (TPSA) is 100 Å². The van der Waals surface area contributed by atoms with Gasteiger partial charge in [0.25, 0.3) is 5.01 Å². The largest absolute Gasteiger partial charge is 0.495 e. The number of carboxylic acid groups (broad SMARTS) is 2. The van der Waals surface area contributed by atoms with Crippen LogP contribution in [0.25, 0.3) is 16.3 Å². The third-order valence-corrected chi connectivity index (χ3v) is 11.7. The minimum Gasteiger partial charge on any atom is -0.495 e. The van der Waals surface area contributed by atoms with Gasteiger partial charge in [0.1, 0.15) is 16.2 Å². The molecule has 1 atom stereocenters. The first kappa shape index (κ1) is 34.4. The van der Waals surface area contributed by atoms with Crippen LogP contribution in [0.1, 0.15) is 56.4 Å². The zero-order valence-corrected chi connectivity index (χ0v) is 29.9. The van der Waals surface area contributed by atoms with Gasteiger partial charge in [0.05, 0.1) is 41.4 Å². The van der Waals surface area contributed by atoms with Gasteiger partial charge < -0.3 is 24.6 Å². The molecule has 0 radical (unpaired) electrons. The summed E-state index contributed by atoms with van der Waals surface area (Å²) >= 11 is 16.3. The van der Waals surface area contributed by atoms with Crippen LogP contribution in [0.15, 0.2) is 69.1 Å². The van der Waals surface area contributed by atoms with Crippen molar-refractivity contribution in [1.29, 1.82) is 0 Å². The van der Waals surface area contributed by atoms with E-state index in [0.29, 0.717) is 53.4 Å². The number of halogens is 2. The molecule has 6 rings (SSSR count). The first-order valence-electron chi connectivity index (χ1n) is 15.9. The number of aryl methyl sites for hydroxylation is 1. The SMILES string of the molecule is COc1cc2c(cc1Cl)N(CCCC(=O)O)C(=CC1=CC3=CC(=Cc4sc5cc(OC)c(Cl)cc5[n+]4CCCC(=O)O)CCC3CC1)S2. The lowest BCUT2D eigenvalue weighted by Crippen LogP contribution is -2.35. The minimum atomic E-state index is -0.806. The van der Waals surface area contributed by atoms with Gasteiger partial charge in [0.15, 0.2) is 6.54 Å². The zero-order valence-electron chi connectivity index (χ0n) is 26.8. The summed E-state index contributed by atoms with van der Waals surface area (Å²) in [5, 5.41) is 21.7. The zero-order chi connectivity index (χ0) is 33.9. The van der Waals surface area contributed by atoms with Gasteiger partial charge in [0, 0.05) is 42.5 Å². The van der Waals surface area contributed by atoms with Gasteiger partial charge in [-0.25, -0.2) is 0 Å². The van der Waals surface area contributed by atoms with Crippen LogP contribution in [0.4, 0.5) is 5.69 Å². The Kier molecular flexibility index (Phi) is 10.7. The molecule has 0 spiro atoms. The van der Waals surface area contributed by atoms with Crippen molar-refractivity contribution >= 4 is 80.2 Å². The van der Waals surface area contributed by atoms with Crippen molar-refractivity contribution in [3.05, 3.63) is 79.3 Å². The Morgan fingerprint density at radius 2 is 1.67 bits per heavy atom. The number of benzene rings is 2. The summed E-state index contributed by atoms with van der Waals surface area (Å²) in [6, 6.07) is 7.71. The average Bonchev–Trinajstić information content (AvgIpc) is 3.55. The number of carboxylic acids is 2. The first-order chi connectivity index (χ1) is 23.1. The van der Waals surface area contributed by atoms with Gasteiger partial charge >= 0.3 is 11.9 Å². The number of methoxy groups -OCH3 is 2. The fourth-order valence-corrected chi connectivity index (χ4v) is 9.35. The fraction of sp³-hybridized carbons (Fsp3) is 0.361. The van der Waals surface area contributed by atoms with Gasteiger partial charge in [-0.3, -0.25) is 9.59 Å². The van der Waals surface area contributed by atoms with E-state index in [9.17, 15) is 19.8 Å². The number of nitrogens with zero attached hydrogens (tertiary/aromatic N) is 2. The molecular formula is C36H37Cl2N2O6S2+. The molecule has 2 aliphatic carbocycles. The molecule has 2 heterocycles. The summed E-state index contributed by atoms with van der Waals surface area (Å²) < 4.78 is 14.1. The van der Waals surface area contributed by atoms with E-state index in [4.69, 9.17) is 32.7 Å². The number of aliphatic carboxylic acids is 2. The lowest BCUT2D eigenvalue weighted by molar-refractivity contribution is -0.669. The Morgan fingerprint density at radius 3 is 2.42 bits per heavy atom. The van der Waals surface area contributed by atoms with Crippen LogP contribution in [0.2, 0.25) is 10.0 Å². The van der Waals surface area contributed by atoms with Crippen molar-refractivity contribution in [2.75, 3.05) is 25.7 Å². The van der Waals surface area contributed by atoms with Crippen molar-refractivity contribution in [1.82, 2.24) is 0 Å². The number of anilines is 1. The van der Waals surface area contributed by atoms with Crippen LogP contribution in [-0.4, -0.2) is 42.9 Å². The predicted molar refractivity (Wildman–Crippen MR) is 193 cm³/mol. The van der Waals surface area contributed by atoms with Crippen LogP contribution in [0.5, 0.6) is 11.5 Å². The Hall–Kier alpha value is -3.44. The number of ether oxygens (including phenoxy) is 2. The maximum Gasteiger partial charge on any atom is 0.303 e. The summed E-state index contributed by atoms with van der Waals surface area (Å²) in [5.41, 5.74) is 5.73. The van der Waals surface area contributed by atoms with Crippen molar-refractivity contribution in [3.63, 3.8) is 0 Å². The van der Waals surface area contributed by atoms with Gasteiger partial charge in [0.2, 0.25) is 5.52 Å². The third kappa shape index (κ3) is 7.57. The quantitative estimate of drug-likeness (QED) is 0.178. The molecule has 1 aromatic heterocycles. The Morgan fingerprint density at radius 1 is 0.958 bits per heavy atom. The lowest BCUT2D eigenvalue weighted by Gasteiger charge is -2.28. The maximum absolute atomic E-state index is 11.3. The summed E-state index contributed by atoms with van der Waals surface area (Å²) in [6.07, 6.45) is 14.4. The highest BCUT2D eigenvalue weighted by atomic mass is 35.5. The van der Waals surface area contributed by atoms with E-state index in [2.05, 4.69) is 33.8 Å². The second-order valence-corrected chi connectivity index (χ2v) is 15.0. The molecule has 0 amide bonds. The van der Waals surface area contributed by atoms with Crippen LogP contribution >= 0.6 is 46.3 Å². The van der Waals surface area contributed by atoms with E-state index in [0.717, 1.165) is 56.5 Å². The lowest BCUT2D eigenvalue weighted by atomic mass is 9.77. The van der Waals surface area contributed by atoms with E-state index in [1.807, 2.05) is 24.3 Å². The molecule has 0 fully saturated rings. The number of aromatic nitrogens is 1. The minimum absolute atomic E-state index is 0.0972. The number of thiazole rings is 1. The molecule has 3 aromatic rings. The highest BCUT2D eigenvalue weighted by Gasteiger charge is 2.29. The Bertz CT molecular complexity index is 1900. The highest BCUT2D eigenvalue weighted by molar-refractivity contribution is 8.03. The van der Waals surface area contributed by atoms with Crippen LogP contribution in [0.3, 0.4) is 0 Å². The molecule has 1 aliphatic heterocycles. The molecule has 0 saturated carbocycles. The molecule has 0 bridgehead atoms. The van der Waals surface area contributed by atoms with Crippen molar-refractivity contribution in [3.8, 4) is 11.5 Å². The molecule has 2 N–H and O–H groups in total. The average molecular weight is 729 g/mol. The molecule has 12 heteroatoms. The number of rotatable bonds is 12. The molecule has 2 aromatic carbocycles. The van der Waals surface area contributed by atoms with Crippen LogP contribution < -0.4 is 18.9 Å². The standard InChI is InChI=1S/C36H36Cl2N2O6S2/c1-45-29-19-31-27(17-25(29)37)39(11-3-5-35(41)42)33(47-31)15-21-7-9-23-10-8-22(14-24(23)13-21)16-34-40(12-4-6-36(43)44)28-18-26(38)30(46-2)20-32(28)48-34/h13-20,23H,3-12H2,1-2H3,(H-,41,42,43,44)/p+1. The van der Waals surface area contributed by atoms with Crippen molar-refractivity contribution in [2.24, 2.45) is 5.92 Å². The van der Waals surface area contributed by atoms with Crippen molar-refractivity contribution < 1.29 is 33.8 Å². The predicted octanol–water partition coefficient (Wildman–Crippen LogP) is 9.14. The van der Waals surface area contributed by atoms with Crippen molar-refractivity contribution in [2.45, 2.75) is 62.8 Å². The number of thioether (sulfide) groups is 1. The second-order valence-electron chi connectivity index (χ2n) is 12.1. The molecule has 252 valence electrons. The summed E-state index contributed by atoms with van der Waals surface area (Å²) in [4.78, 5) is 25.8. The summed E-state index contributed by atoms with van der Waals surface area (Å²) in [7, 11) is 3.20. The normalized spacial score (nSPS) is 18.9. The van der Waals surface area contributed by atoms with E-state index in [-0.39, 0.29) is 12.8 Å². The number of allylic oxidation sites excluding steroid dienone is 6. The fourth-order valence-electron chi connectivity index (χ4n) is 6.53. The van der Waals surface area contributed by atoms with E-state index < -0.39 is 11.9 Å². The van der Waals surface area contributed by atoms with Gasteiger partial charge in [-0.2, -0.15) is 4.57 Å². The maximum atomic E-state index is 11.3. The number of carbonyl (C=O) groups is 2. The smallest absolute Gasteiger partial charge is 0.303 e. The molecule has 0 saturated heterocycles. The molecular weight excluding hydrogens is 691 g/mol. The summed E-state index contributed by atoms with van der Waals surface area (Å²) in [6.45, 7) is 1.15. The molecule has 48 heavy (non-hydrogen) atoms. The van der Waals surface area contributed by atoms with E-state index >= 15 is 0 Å². The molecule has 1 unspecified atom stereocenters. The van der Waals surface area contributed by atoms with Gasteiger partial charge in [-0.1, -0.05) is 58.5 Å². The van der Waals surface area contributed by atoms with E-state index in [1.54, 1.807) is 37.3 Å². The second kappa shape index (κ2) is 15.0. The number of hydrogen-bond acceptors (Lipinski definition) is 7. The first-order valence-corrected chi connectivity index (χ1v) is 18.3. The van der Waals surface area contributed by atoms with Crippen LogP contribution in [0, 0.1) is 5.92 Å². The summed E-state index contributed by atoms with van der Waals surface area (Å²) in [5.74, 6) is 0.120. The monoisotopic (exact) mass is 727 g/mol. The van der Waals surface area contributed by atoms with E-state index in [1.165, 1.54) is 16.7 Å². The number of fused-ring (bicyclic) bond motifs is 3. The van der Waals surface area contributed by atoms with Crippen LogP contribution in [-0.2, 0) is 16.1 Å². The van der Waals surface area contributed by atoms with Gasteiger partial charge in [-0.15, -0.1) is 0 Å².